The molecule has 0 radical (unpaired) electrons. The van der Waals surface area contributed by atoms with E-state index in [-0.39, 0.29) is 5.75 Å². The first-order valence-corrected chi connectivity index (χ1v) is 9.48. The molecule has 7 heteroatoms. The van der Waals surface area contributed by atoms with Crippen LogP contribution in [0.15, 0.2) is 22.5 Å². The van der Waals surface area contributed by atoms with Gasteiger partial charge in [-0.15, -0.1) is 0 Å². The van der Waals surface area contributed by atoms with E-state index >= 15 is 0 Å². The maximum absolute atomic E-state index is 10.8. The van der Waals surface area contributed by atoms with Gasteiger partial charge in [-0.25, -0.2) is 0 Å². The molecule has 0 saturated carbocycles. The molecule has 0 saturated heterocycles. The lowest BCUT2D eigenvalue weighted by Crippen LogP contribution is -2.35. The molecule has 0 unspecified atom stereocenters. The van der Waals surface area contributed by atoms with Gasteiger partial charge in [0.2, 0.25) is 5.52 Å². The standard InChI is InChI=1S/C12H15NO3S3/c1-9-4-5-11-10(8-9)13(12(17-2)18-11)6-3-7-19(14,15)16/h4-5,8H,3,6-7H2,1-2H3/p+1. The molecule has 0 atom stereocenters. The monoisotopic (exact) mass is 318 g/mol. The van der Waals surface area contributed by atoms with Crippen LogP contribution in [0.1, 0.15) is 12.0 Å². The zero-order valence-corrected chi connectivity index (χ0v) is 13.2. The summed E-state index contributed by atoms with van der Waals surface area (Å²) in [5.41, 5.74) is 2.31. The highest BCUT2D eigenvalue weighted by molar-refractivity contribution is 8.00. The van der Waals surface area contributed by atoms with Crippen molar-refractivity contribution in [1.29, 1.82) is 0 Å². The highest BCUT2D eigenvalue weighted by Gasteiger charge is 2.20. The summed E-state index contributed by atoms with van der Waals surface area (Å²) in [5, 5.41) is 0. The first-order valence-electron chi connectivity index (χ1n) is 5.83. The van der Waals surface area contributed by atoms with E-state index in [0.29, 0.717) is 13.0 Å². The van der Waals surface area contributed by atoms with Crippen molar-refractivity contribution in [3.8, 4) is 0 Å². The van der Waals surface area contributed by atoms with Crippen LogP contribution in [0.5, 0.6) is 0 Å². The molecule has 0 amide bonds. The van der Waals surface area contributed by atoms with Crippen molar-refractivity contribution >= 4 is 43.4 Å². The highest BCUT2D eigenvalue weighted by atomic mass is 32.2. The fourth-order valence-corrected chi connectivity index (χ4v) is 4.35. The molecule has 104 valence electrons. The lowest BCUT2D eigenvalue weighted by Gasteiger charge is -1.98. The summed E-state index contributed by atoms with van der Waals surface area (Å²) in [6, 6.07) is 6.28. The van der Waals surface area contributed by atoms with Crippen LogP contribution in [0.25, 0.3) is 10.2 Å². The van der Waals surface area contributed by atoms with Crippen LogP contribution < -0.4 is 4.57 Å². The third-order valence-electron chi connectivity index (χ3n) is 2.78. The Balaban J connectivity index is 2.32. The molecule has 0 aliphatic heterocycles. The van der Waals surface area contributed by atoms with Gasteiger partial charge in [0.15, 0.2) is 6.54 Å². The van der Waals surface area contributed by atoms with E-state index in [1.807, 2.05) is 13.2 Å². The minimum Gasteiger partial charge on any atom is -0.286 e. The first kappa shape index (κ1) is 14.8. The van der Waals surface area contributed by atoms with Gasteiger partial charge in [0.25, 0.3) is 14.5 Å². The SMILES string of the molecule is CSc1sc2ccc(C)cc2[n+]1CCCS(=O)(=O)O. The average Bonchev–Trinajstić information content (AvgIpc) is 2.65. The summed E-state index contributed by atoms with van der Waals surface area (Å²) < 4.78 is 34.8. The molecular formula is C12H16NO3S3+. The molecule has 1 heterocycles. The predicted octanol–water partition coefficient (Wildman–Crippen LogP) is 2.50. The molecule has 4 nitrogen and oxygen atoms in total. The fourth-order valence-electron chi connectivity index (χ4n) is 1.94. The van der Waals surface area contributed by atoms with Gasteiger partial charge in [0.1, 0.15) is 4.70 Å². The van der Waals surface area contributed by atoms with Crippen LogP contribution in [0.3, 0.4) is 0 Å². The number of rotatable bonds is 5. The highest BCUT2D eigenvalue weighted by Crippen LogP contribution is 2.27. The topological polar surface area (TPSA) is 58.2 Å². The molecule has 1 aromatic carbocycles. The van der Waals surface area contributed by atoms with Gasteiger partial charge in [0.05, 0.1) is 5.75 Å². The van der Waals surface area contributed by atoms with Crippen molar-refractivity contribution in [2.75, 3.05) is 12.0 Å². The summed E-state index contributed by atoms with van der Waals surface area (Å²) in [6.45, 7) is 2.64. The van der Waals surface area contributed by atoms with Crippen LogP contribution >= 0.6 is 23.1 Å². The van der Waals surface area contributed by atoms with E-state index in [9.17, 15) is 8.42 Å². The van der Waals surface area contributed by atoms with Gasteiger partial charge in [-0.1, -0.05) is 17.4 Å². The van der Waals surface area contributed by atoms with Crippen molar-refractivity contribution < 1.29 is 17.5 Å². The summed E-state index contributed by atoms with van der Waals surface area (Å²) >= 11 is 3.36. The molecule has 0 fully saturated rings. The Morgan fingerprint density at radius 3 is 2.79 bits per heavy atom. The Hall–Kier alpha value is -0.630. The number of thioether (sulfide) groups is 1. The molecule has 2 aromatic rings. The number of benzene rings is 1. The fraction of sp³-hybridized carbons (Fsp3) is 0.417. The molecule has 2 rings (SSSR count). The van der Waals surface area contributed by atoms with E-state index in [1.54, 1.807) is 23.1 Å². The Kier molecular flexibility index (Phi) is 4.50. The number of aromatic nitrogens is 1. The largest absolute Gasteiger partial charge is 0.298 e. The summed E-state index contributed by atoms with van der Waals surface area (Å²) in [4.78, 5) is 0. The molecule has 19 heavy (non-hydrogen) atoms. The number of hydrogen-bond donors (Lipinski definition) is 1. The second kappa shape index (κ2) is 5.78. The third kappa shape index (κ3) is 3.68. The predicted molar refractivity (Wildman–Crippen MR) is 79.6 cm³/mol. The normalized spacial score (nSPS) is 12.2. The maximum atomic E-state index is 10.8. The van der Waals surface area contributed by atoms with Gasteiger partial charge < -0.3 is 0 Å². The van der Waals surface area contributed by atoms with Crippen molar-refractivity contribution in [3.63, 3.8) is 0 Å². The number of hydrogen-bond acceptors (Lipinski definition) is 4. The van der Waals surface area contributed by atoms with Crippen LogP contribution in [0, 0.1) is 6.92 Å². The number of thiazole rings is 1. The van der Waals surface area contributed by atoms with Crippen molar-refractivity contribution in [3.05, 3.63) is 23.8 Å². The Morgan fingerprint density at radius 2 is 2.16 bits per heavy atom. The maximum Gasteiger partial charge on any atom is 0.298 e. The Labute approximate surface area is 121 Å². The van der Waals surface area contributed by atoms with E-state index < -0.39 is 10.1 Å². The second-order valence-electron chi connectivity index (χ2n) is 4.33. The van der Waals surface area contributed by atoms with E-state index in [4.69, 9.17) is 4.55 Å². The van der Waals surface area contributed by atoms with Crippen molar-refractivity contribution in [2.24, 2.45) is 0 Å². The van der Waals surface area contributed by atoms with E-state index in [0.717, 1.165) is 9.86 Å². The summed E-state index contributed by atoms with van der Waals surface area (Å²) in [5.74, 6) is -0.197. The quantitative estimate of drug-likeness (QED) is 0.523. The summed E-state index contributed by atoms with van der Waals surface area (Å²) in [6.07, 6.45) is 2.42. The molecule has 0 spiro atoms. The van der Waals surface area contributed by atoms with Gasteiger partial charge in [0, 0.05) is 12.5 Å². The van der Waals surface area contributed by atoms with Crippen molar-refractivity contribution in [2.45, 2.75) is 24.2 Å². The van der Waals surface area contributed by atoms with Gasteiger partial charge in [-0.05, 0) is 36.6 Å². The minimum absolute atomic E-state index is 0.197. The number of aryl methyl sites for hydroxylation is 2. The average molecular weight is 318 g/mol. The Bertz CT molecular complexity index is 692. The first-order chi connectivity index (χ1) is 8.90. The number of fused-ring (bicyclic) bond motifs is 1. The molecular weight excluding hydrogens is 302 g/mol. The summed E-state index contributed by atoms with van der Waals surface area (Å²) in [7, 11) is -3.88. The third-order valence-corrected chi connectivity index (χ3v) is 5.87. The van der Waals surface area contributed by atoms with Crippen LogP contribution in [-0.4, -0.2) is 25.0 Å². The van der Waals surface area contributed by atoms with Crippen LogP contribution in [0.2, 0.25) is 0 Å². The minimum atomic E-state index is -3.88. The van der Waals surface area contributed by atoms with E-state index in [1.165, 1.54) is 10.3 Å². The second-order valence-corrected chi connectivity index (χ2v) is 7.99. The van der Waals surface area contributed by atoms with Crippen LogP contribution in [0.4, 0.5) is 0 Å². The molecule has 1 aromatic heterocycles. The smallest absolute Gasteiger partial charge is 0.286 e. The van der Waals surface area contributed by atoms with Gasteiger partial charge in [-0.2, -0.15) is 13.0 Å². The van der Waals surface area contributed by atoms with Crippen LogP contribution in [-0.2, 0) is 16.7 Å². The molecule has 0 bridgehead atoms. The molecule has 0 aliphatic rings. The van der Waals surface area contributed by atoms with Gasteiger partial charge >= 0.3 is 0 Å². The molecule has 1 N–H and O–H groups in total. The zero-order valence-electron chi connectivity index (χ0n) is 10.8. The lowest BCUT2D eigenvalue weighted by molar-refractivity contribution is -0.701. The van der Waals surface area contributed by atoms with Gasteiger partial charge in [-0.3, -0.25) is 4.55 Å². The molecule has 0 aliphatic carbocycles. The number of nitrogens with zero attached hydrogens (tertiary/aromatic N) is 1. The zero-order chi connectivity index (χ0) is 14.0. The Morgan fingerprint density at radius 1 is 1.42 bits per heavy atom. The lowest BCUT2D eigenvalue weighted by atomic mass is 10.2. The van der Waals surface area contributed by atoms with Crippen molar-refractivity contribution in [1.82, 2.24) is 0 Å². The van der Waals surface area contributed by atoms with E-state index in [2.05, 4.69) is 22.8 Å².